The van der Waals surface area contributed by atoms with Crippen LogP contribution in [0.15, 0.2) is 4.99 Å². The van der Waals surface area contributed by atoms with Crippen molar-refractivity contribution in [3.05, 3.63) is 0 Å². The first-order valence-corrected chi connectivity index (χ1v) is 4.51. The van der Waals surface area contributed by atoms with Crippen molar-refractivity contribution in [3.8, 4) is 0 Å². The third kappa shape index (κ3) is 3.05. The van der Waals surface area contributed by atoms with Gasteiger partial charge in [0, 0.05) is 6.42 Å². The molecule has 0 aromatic carbocycles. The van der Waals surface area contributed by atoms with Crippen LogP contribution in [0.4, 0.5) is 0 Å². The summed E-state index contributed by atoms with van der Waals surface area (Å²) in [7, 11) is 0. The second-order valence-electron chi connectivity index (χ2n) is 3.54. The van der Waals surface area contributed by atoms with Crippen LogP contribution in [-0.2, 0) is 9.53 Å². The molecule has 1 aliphatic heterocycles. The summed E-state index contributed by atoms with van der Waals surface area (Å²) in [6.07, 6.45) is 0.516. The zero-order valence-electron chi connectivity index (χ0n) is 7.99. The van der Waals surface area contributed by atoms with Crippen molar-refractivity contribution in [3.63, 3.8) is 0 Å². The van der Waals surface area contributed by atoms with Gasteiger partial charge in [-0.25, -0.2) is 4.99 Å². The molecule has 1 atom stereocenters. The molecule has 1 unspecified atom stereocenters. The monoisotopic (exact) mass is 185 g/mol. The van der Waals surface area contributed by atoms with Crippen LogP contribution in [-0.4, -0.2) is 29.6 Å². The van der Waals surface area contributed by atoms with Gasteiger partial charge in [0.2, 0.25) is 0 Å². The van der Waals surface area contributed by atoms with Crippen molar-refractivity contribution >= 4 is 11.9 Å². The standard InChI is InChI=1S/C9H15NO3/c1-6(2)7-5-13-8(10-7)3-4-9(11)12/h6-7H,3-5H2,1-2H3,(H,11,12). The molecule has 0 spiro atoms. The van der Waals surface area contributed by atoms with E-state index in [1.165, 1.54) is 0 Å². The molecule has 0 aromatic heterocycles. The largest absolute Gasteiger partial charge is 0.481 e. The van der Waals surface area contributed by atoms with Crippen LogP contribution in [0.25, 0.3) is 0 Å². The molecular formula is C9H15NO3. The summed E-state index contributed by atoms with van der Waals surface area (Å²) in [6.45, 7) is 4.77. The number of hydrogen-bond acceptors (Lipinski definition) is 3. The van der Waals surface area contributed by atoms with Crippen molar-refractivity contribution in [2.45, 2.75) is 32.7 Å². The molecule has 1 N–H and O–H groups in total. The highest BCUT2D eigenvalue weighted by molar-refractivity contribution is 5.81. The first kappa shape index (κ1) is 10.0. The smallest absolute Gasteiger partial charge is 0.303 e. The van der Waals surface area contributed by atoms with Gasteiger partial charge in [-0.15, -0.1) is 0 Å². The van der Waals surface area contributed by atoms with Crippen molar-refractivity contribution < 1.29 is 14.6 Å². The topological polar surface area (TPSA) is 58.9 Å². The fourth-order valence-corrected chi connectivity index (χ4v) is 1.13. The van der Waals surface area contributed by atoms with Crippen LogP contribution < -0.4 is 0 Å². The van der Waals surface area contributed by atoms with Gasteiger partial charge in [0.15, 0.2) is 5.90 Å². The number of rotatable bonds is 4. The van der Waals surface area contributed by atoms with Gasteiger partial charge in [0.05, 0.1) is 12.5 Å². The molecule has 13 heavy (non-hydrogen) atoms. The Morgan fingerprint density at radius 2 is 2.46 bits per heavy atom. The van der Waals surface area contributed by atoms with E-state index in [0.29, 0.717) is 24.8 Å². The lowest BCUT2D eigenvalue weighted by atomic mass is 10.1. The summed E-state index contributed by atoms with van der Waals surface area (Å²) in [4.78, 5) is 14.6. The zero-order valence-corrected chi connectivity index (χ0v) is 7.99. The Bertz CT molecular complexity index is 223. The van der Waals surface area contributed by atoms with E-state index >= 15 is 0 Å². The summed E-state index contributed by atoms with van der Waals surface area (Å²) >= 11 is 0. The van der Waals surface area contributed by atoms with E-state index < -0.39 is 5.97 Å². The molecule has 4 heteroatoms. The Kier molecular flexibility index (Phi) is 3.28. The summed E-state index contributed by atoms with van der Waals surface area (Å²) in [5.41, 5.74) is 0. The first-order chi connectivity index (χ1) is 6.09. The SMILES string of the molecule is CC(C)C1COC(CCC(=O)O)=N1. The second kappa shape index (κ2) is 4.25. The maximum absolute atomic E-state index is 10.3. The molecule has 0 amide bonds. The lowest BCUT2D eigenvalue weighted by molar-refractivity contribution is -0.136. The van der Waals surface area contributed by atoms with Gasteiger partial charge >= 0.3 is 5.97 Å². The average molecular weight is 185 g/mol. The van der Waals surface area contributed by atoms with Crippen LogP contribution in [0, 0.1) is 5.92 Å². The Hall–Kier alpha value is -1.06. The Morgan fingerprint density at radius 3 is 2.92 bits per heavy atom. The van der Waals surface area contributed by atoms with Crippen LogP contribution >= 0.6 is 0 Å². The van der Waals surface area contributed by atoms with Gasteiger partial charge in [-0.2, -0.15) is 0 Å². The molecule has 1 rings (SSSR count). The zero-order chi connectivity index (χ0) is 9.84. The molecule has 4 nitrogen and oxygen atoms in total. The fourth-order valence-electron chi connectivity index (χ4n) is 1.13. The Labute approximate surface area is 77.6 Å². The van der Waals surface area contributed by atoms with Gasteiger partial charge in [0.1, 0.15) is 6.61 Å². The number of carboxylic acid groups (broad SMARTS) is 1. The summed E-state index contributed by atoms with van der Waals surface area (Å²) in [6, 6.07) is 0.212. The van der Waals surface area contributed by atoms with Gasteiger partial charge < -0.3 is 9.84 Å². The fraction of sp³-hybridized carbons (Fsp3) is 0.778. The van der Waals surface area contributed by atoms with Gasteiger partial charge in [-0.3, -0.25) is 4.79 Å². The third-order valence-corrected chi connectivity index (χ3v) is 2.05. The van der Waals surface area contributed by atoms with Crippen LogP contribution in [0.3, 0.4) is 0 Å². The lowest BCUT2D eigenvalue weighted by Crippen LogP contribution is -2.13. The number of hydrogen-bond donors (Lipinski definition) is 1. The molecular weight excluding hydrogens is 170 g/mol. The van der Waals surface area contributed by atoms with Crippen molar-refractivity contribution in [2.24, 2.45) is 10.9 Å². The number of aliphatic imine (C=N–C) groups is 1. The average Bonchev–Trinajstić information content (AvgIpc) is 2.48. The quantitative estimate of drug-likeness (QED) is 0.718. The number of carboxylic acids is 1. The van der Waals surface area contributed by atoms with Gasteiger partial charge in [0.25, 0.3) is 0 Å². The molecule has 0 saturated carbocycles. The molecule has 0 bridgehead atoms. The molecule has 0 radical (unpaired) electrons. The van der Waals surface area contributed by atoms with Crippen LogP contribution in [0.1, 0.15) is 26.7 Å². The Morgan fingerprint density at radius 1 is 1.77 bits per heavy atom. The minimum atomic E-state index is -0.806. The van der Waals surface area contributed by atoms with Crippen molar-refractivity contribution in [1.82, 2.24) is 0 Å². The minimum absolute atomic E-state index is 0.101. The number of nitrogens with zero attached hydrogens (tertiary/aromatic N) is 1. The molecule has 0 fully saturated rings. The van der Waals surface area contributed by atoms with Crippen LogP contribution in [0.5, 0.6) is 0 Å². The summed E-state index contributed by atoms with van der Waals surface area (Å²) < 4.78 is 5.26. The molecule has 1 heterocycles. The van der Waals surface area contributed by atoms with E-state index in [4.69, 9.17) is 9.84 Å². The predicted molar refractivity (Wildman–Crippen MR) is 48.9 cm³/mol. The lowest BCUT2D eigenvalue weighted by Gasteiger charge is -2.06. The summed E-state index contributed by atoms with van der Waals surface area (Å²) in [5.74, 6) is 0.253. The highest BCUT2D eigenvalue weighted by Gasteiger charge is 2.21. The van der Waals surface area contributed by atoms with E-state index in [9.17, 15) is 4.79 Å². The Balaban J connectivity index is 2.36. The van der Waals surface area contributed by atoms with E-state index in [1.807, 2.05) is 0 Å². The molecule has 0 saturated heterocycles. The van der Waals surface area contributed by atoms with Gasteiger partial charge in [-0.1, -0.05) is 13.8 Å². The summed E-state index contributed by atoms with van der Waals surface area (Å²) in [5, 5.41) is 8.44. The maximum Gasteiger partial charge on any atom is 0.303 e. The minimum Gasteiger partial charge on any atom is -0.481 e. The highest BCUT2D eigenvalue weighted by atomic mass is 16.5. The molecule has 74 valence electrons. The van der Waals surface area contributed by atoms with Gasteiger partial charge in [-0.05, 0) is 5.92 Å². The third-order valence-electron chi connectivity index (χ3n) is 2.05. The normalized spacial score (nSPS) is 21.5. The first-order valence-electron chi connectivity index (χ1n) is 4.51. The van der Waals surface area contributed by atoms with Crippen molar-refractivity contribution in [2.75, 3.05) is 6.61 Å². The van der Waals surface area contributed by atoms with E-state index in [2.05, 4.69) is 18.8 Å². The number of aliphatic carboxylic acids is 1. The van der Waals surface area contributed by atoms with E-state index in [1.54, 1.807) is 0 Å². The number of ether oxygens (including phenoxy) is 1. The maximum atomic E-state index is 10.3. The number of carbonyl (C=O) groups is 1. The van der Waals surface area contributed by atoms with Crippen LogP contribution in [0.2, 0.25) is 0 Å². The van der Waals surface area contributed by atoms with Crippen molar-refractivity contribution in [1.29, 1.82) is 0 Å². The molecule has 1 aliphatic rings. The highest BCUT2D eigenvalue weighted by Crippen LogP contribution is 2.15. The van der Waals surface area contributed by atoms with E-state index in [0.717, 1.165) is 0 Å². The second-order valence-corrected chi connectivity index (χ2v) is 3.54. The molecule has 0 aromatic rings. The predicted octanol–water partition coefficient (Wildman–Crippen LogP) is 1.30. The molecule has 0 aliphatic carbocycles. The van der Waals surface area contributed by atoms with E-state index in [-0.39, 0.29) is 12.5 Å².